The van der Waals surface area contributed by atoms with Crippen molar-refractivity contribution in [2.45, 2.75) is 32.3 Å². The van der Waals surface area contributed by atoms with Crippen molar-refractivity contribution in [1.29, 1.82) is 0 Å². The van der Waals surface area contributed by atoms with Gasteiger partial charge in [-0.15, -0.1) is 0 Å². The van der Waals surface area contributed by atoms with Crippen LogP contribution in [0.3, 0.4) is 0 Å². The van der Waals surface area contributed by atoms with E-state index in [1.54, 1.807) is 6.92 Å². The van der Waals surface area contributed by atoms with E-state index in [1.165, 1.54) is 0 Å². The molecule has 2 atom stereocenters. The summed E-state index contributed by atoms with van der Waals surface area (Å²) in [6, 6.07) is 7.79. The van der Waals surface area contributed by atoms with Crippen LogP contribution in [0.2, 0.25) is 0 Å². The van der Waals surface area contributed by atoms with Crippen LogP contribution in [0.15, 0.2) is 24.3 Å². The van der Waals surface area contributed by atoms with E-state index in [0.717, 1.165) is 24.0 Å². The number of ketones is 1. The summed E-state index contributed by atoms with van der Waals surface area (Å²) in [4.78, 5) is 12.0. The van der Waals surface area contributed by atoms with Crippen molar-refractivity contribution in [3.05, 3.63) is 35.4 Å². The predicted octanol–water partition coefficient (Wildman–Crippen LogP) is 2.20. The summed E-state index contributed by atoms with van der Waals surface area (Å²) < 4.78 is 0. The van der Waals surface area contributed by atoms with Crippen molar-refractivity contribution < 1.29 is 9.90 Å². The molecule has 0 aromatic heterocycles. The standard InChI is InChI=1S/C13H16O2/c1-9(14)8-11-7-6-10-4-2-3-5-12(10)13(11)15/h2-5,9,11,14H,6-8H2,1H3. The van der Waals surface area contributed by atoms with E-state index in [4.69, 9.17) is 0 Å². The molecule has 0 saturated heterocycles. The van der Waals surface area contributed by atoms with Crippen LogP contribution in [0.25, 0.3) is 0 Å². The molecule has 0 spiro atoms. The quantitative estimate of drug-likeness (QED) is 0.801. The van der Waals surface area contributed by atoms with Crippen LogP contribution in [-0.4, -0.2) is 17.0 Å². The third kappa shape index (κ3) is 2.10. The van der Waals surface area contributed by atoms with Crippen molar-refractivity contribution in [2.24, 2.45) is 5.92 Å². The fourth-order valence-electron chi connectivity index (χ4n) is 2.30. The minimum Gasteiger partial charge on any atom is -0.393 e. The van der Waals surface area contributed by atoms with Crippen molar-refractivity contribution in [1.82, 2.24) is 0 Å². The highest BCUT2D eigenvalue weighted by Crippen LogP contribution is 2.28. The highest BCUT2D eigenvalue weighted by molar-refractivity contribution is 6.00. The Hall–Kier alpha value is -1.15. The molecule has 1 aromatic rings. The monoisotopic (exact) mass is 204 g/mol. The molecular weight excluding hydrogens is 188 g/mol. The zero-order valence-electron chi connectivity index (χ0n) is 8.94. The molecule has 1 aliphatic rings. The Balaban J connectivity index is 2.22. The molecule has 2 heteroatoms. The molecule has 0 radical (unpaired) electrons. The summed E-state index contributed by atoms with van der Waals surface area (Å²) in [6.45, 7) is 1.74. The second kappa shape index (κ2) is 4.15. The van der Waals surface area contributed by atoms with E-state index >= 15 is 0 Å². The smallest absolute Gasteiger partial charge is 0.166 e. The first-order valence-corrected chi connectivity index (χ1v) is 5.48. The van der Waals surface area contributed by atoms with Gasteiger partial charge in [-0.25, -0.2) is 0 Å². The lowest BCUT2D eigenvalue weighted by Crippen LogP contribution is -2.25. The molecule has 2 nitrogen and oxygen atoms in total. The number of benzene rings is 1. The minimum absolute atomic E-state index is 0.0138. The second-order valence-electron chi connectivity index (χ2n) is 4.34. The van der Waals surface area contributed by atoms with Crippen molar-refractivity contribution in [2.75, 3.05) is 0 Å². The largest absolute Gasteiger partial charge is 0.393 e. The number of Topliss-reactive ketones (excluding diaryl/α,β-unsaturated/α-hetero) is 1. The summed E-state index contributed by atoms with van der Waals surface area (Å²) in [5, 5.41) is 9.32. The van der Waals surface area contributed by atoms with Gasteiger partial charge in [0.15, 0.2) is 5.78 Å². The molecule has 0 fully saturated rings. The molecule has 0 heterocycles. The van der Waals surface area contributed by atoms with Gasteiger partial charge in [-0.05, 0) is 31.7 Å². The zero-order chi connectivity index (χ0) is 10.8. The van der Waals surface area contributed by atoms with E-state index in [0.29, 0.717) is 6.42 Å². The maximum atomic E-state index is 12.0. The Morgan fingerprint density at radius 3 is 2.93 bits per heavy atom. The lowest BCUT2D eigenvalue weighted by molar-refractivity contribution is 0.0827. The van der Waals surface area contributed by atoms with Gasteiger partial charge in [-0.1, -0.05) is 24.3 Å². The van der Waals surface area contributed by atoms with Gasteiger partial charge in [-0.3, -0.25) is 4.79 Å². The number of aliphatic hydroxyl groups excluding tert-OH is 1. The average molecular weight is 204 g/mol. The van der Waals surface area contributed by atoms with Crippen LogP contribution in [-0.2, 0) is 6.42 Å². The van der Waals surface area contributed by atoms with Gasteiger partial charge in [0.2, 0.25) is 0 Å². The van der Waals surface area contributed by atoms with Gasteiger partial charge in [0.05, 0.1) is 6.10 Å². The molecule has 1 aromatic carbocycles. The van der Waals surface area contributed by atoms with Gasteiger partial charge >= 0.3 is 0 Å². The van der Waals surface area contributed by atoms with E-state index in [1.807, 2.05) is 24.3 Å². The van der Waals surface area contributed by atoms with Crippen LogP contribution >= 0.6 is 0 Å². The Kier molecular flexibility index (Phi) is 2.87. The summed E-state index contributed by atoms with van der Waals surface area (Å²) in [7, 11) is 0. The van der Waals surface area contributed by atoms with E-state index in [2.05, 4.69) is 0 Å². The molecule has 0 bridgehead atoms. The number of carbonyl (C=O) groups is 1. The summed E-state index contributed by atoms with van der Waals surface area (Å²) in [5.41, 5.74) is 2.01. The molecule has 2 rings (SSSR count). The minimum atomic E-state index is -0.385. The highest BCUT2D eigenvalue weighted by atomic mass is 16.3. The maximum absolute atomic E-state index is 12.0. The maximum Gasteiger partial charge on any atom is 0.166 e. The Bertz CT molecular complexity index is 369. The lowest BCUT2D eigenvalue weighted by atomic mass is 9.80. The summed E-state index contributed by atoms with van der Waals surface area (Å²) in [6.07, 6.45) is 2.04. The molecule has 0 saturated carbocycles. The molecule has 1 aliphatic carbocycles. The Morgan fingerprint density at radius 1 is 1.47 bits per heavy atom. The fourth-order valence-corrected chi connectivity index (χ4v) is 2.30. The van der Waals surface area contributed by atoms with Gasteiger partial charge < -0.3 is 5.11 Å². The number of aliphatic hydroxyl groups is 1. The third-order valence-corrected chi connectivity index (χ3v) is 3.04. The van der Waals surface area contributed by atoms with Crippen LogP contribution in [0.4, 0.5) is 0 Å². The first-order valence-electron chi connectivity index (χ1n) is 5.48. The first-order chi connectivity index (χ1) is 7.18. The van der Waals surface area contributed by atoms with Gasteiger partial charge in [0.25, 0.3) is 0 Å². The van der Waals surface area contributed by atoms with E-state index < -0.39 is 0 Å². The molecule has 1 N–H and O–H groups in total. The number of hydrogen-bond acceptors (Lipinski definition) is 2. The third-order valence-electron chi connectivity index (χ3n) is 3.04. The molecule has 15 heavy (non-hydrogen) atoms. The van der Waals surface area contributed by atoms with Crippen LogP contribution in [0.1, 0.15) is 35.7 Å². The topological polar surface area (TPSA) is 37.3 Å². The van der Waals surface area contributed by atoms with Gasteiger partial charge in [-0.2, -0.15) is 0 Å². The number of hydrogen-bond donors (Lipinski definition) is 1. The number of rotatable bonds is 2. The molecular formula is C13H16O2. The van der Waals surface area contributed by atoms with Gasteiger partial charge in [0.1, 0.15) is 0 Å². The van der Waals surface area contributed by atoms with Crippen molar-refractivity contribution in [3.63, 3.8) is 0 Å². The predicted molar refractivity (Wildman–Crippen MR) is 58.9 cm³/mol. The van der Waals surface area contributed by atoms with Crippen LogP contribution < -0.4 is 0 Å². The van der Waals surface area contributed by atoms with E-state index in [-0.39, 0.29) is 17.8 Å². The van der Waals surface area contributed by atoms with Crippen molar-refractivity contribution >= 4 is 5.78 Å². The summed E-state index contributed by atoms with van der Waals surface area (Å²) in [5.74, 6) is 0.220. The molecule has 80 valence electrons. The molecule has 0 amide bonds. The molecule has 0 aliphatic heterocycles. The number of carbonyl (C=O) groups excluding carboxylic acids is 1. The average Bonchev–Trinajstić information content (AvgIpc) is 2.22. The number of aryl methyl sites for hydroxylation is 1. The lowest BCUT2D eigenvalue weighted by Gasteiger charge is -2.23. The van der Waals surface area contributed by atoms with Crippen LogP contribution in [0.5, 0.6) is 0 Å². The number of fused-ring (bicyclic) bond motifs is 1. The Labute approximate surface area is 89.9 Å². The molecule has 2 unspecified atom stereocenters. The normalized spacial score (nSPS) is 22.3. The first kappa shape index (κ1) is 10.4. The zero-order valence-corrected chi connectivity index (χ0v) is 8.94. The fraction of sp³-hybridized carbons (Fsp3) is 0.462. The SMILES string of the molecule is CC(O)CC1CCc2ccccc2C1=O. The second-order valence-corrected chi connectivity index (χ2v) is 4.34. The van der Waals surface area contributed by atoms with E-state index in [9.17, 15) is 9.90 Å². The Morgan fingerprint density at radius 2 is 2.20 bits per heavy atom. The van der Waals surface area contributed by atoms with Crippen LogP contribution in [0, 0.1) is 5.92 Å². The highest BCUT2D eigenvalue weighted by Gasteiger charge is 2.27. The van der Waals surface area contributed by atoms with Crippen molar-refractivity contribution in [3.8, 4) is 0 Å². The summed E-state index contributed by atoms with van der Waals surface area (Å²) >= 11 is 0. The van der Waals surface area contributed by atoms with Gasteiger partial charge in [0, 0.05) is 11.5 Å².